The third kappa shape index (κ3) is 2.80. The number of nitrogens with zero attached hydrogens (tertiary/aromatic N) is 1. The van der Waals surface area contributed by atoms with Crippen molar-refractivity contribution in [1.29, 1.82) is 5.26 Å². The zero-order valence-electron chi connectivity index (χ0n) is 6.86. The highest BCUT2D eigenvalue weighted by Crippen LogP contribution is 2.33. The minimum atomic E-state index is -3.30. The maximum Gasteiger partial charge on any atom is 0.264 e. The van der Waals surface area contributed by atoms with E-state index >= 15 is 0 Å². The first-order chi connectivity index (χ1) is 5.51. The Morgan fingerprint density at radius 1 is 1.58 bits per heavy atom. The van der Waals surface area contributed by atoms with Gasteiger partial charge in [-0.2, -0.15) is 13.7 Å². The van der Waals surface area contributed by atoms with Crippen molar-refractivity contribution in [3.05, 3.63) is 0 Å². The van der Waals surface area contributed by atoms with Crippen molar-refractivity contribution in [3.63, 3.8) is 0 Å². The molecule has 0 amide bonds. The third-order valence-corrected chi connectivity index (χ3v) is 2.50. The molecule has 0 aromatic rings. The second kappa shape index (κ2) is 3.42. The lowest BCUT2D eigenvalue weighted by molar-refractivity contribution is 0.153. The summed E-state index contributed by atoms with van der Waals surface area (Å²) >= 11 is 0. The summed E-state index contributed by atoms with van der Waals surface area (Å²) in [6.07, 6.45) is 2.57. The molecule has 0 unspecified atom stereocenters. The predicted molar refractivity (Wildman–Crippen MR) is 42.6 cm³/mol. The molecule has 0 saturated heterocycles. The van der Waals surface area contributed by atoms with Gasteiger partial charge >= 0.3 is 0 Å². The molecule has 0 aromatic carbocycles. The molecular weight excluding hydrogens is 178 g/mol. The van der Waals surface area contributed by atoms with Gasteiger partial charge in [-0.05, 0) is 18.8 Å². The van der Waals surface area contributed by atoms with Crippen molar-refractivity contribution in [1.82, 2.24) is 0 Å². The molecule has 1 aliphatic carbocycles. The quantitative estimate of drug-likeness (QED) is 0.607. The van der Waals surface area contributed by atoms with Crippen LogP contribution in [0.3, 0.4) is 0 Å². The van der Waals surface area contributed by atoms with E-state index in [1.165, 1.54) is 0 Å². The number of hydrogen-bond donors (Lipinski definition) is 0. The van der Waals surface area contributed by atoms with Crippen LogP contribution in [0.1, 0.15) is 12.8 Å². The Hall–Kier alpha value is -0.600. The minimum Gasteiger partial charge on any atom is -0.270 e. The first-order valence-corrected chi connectivity index (χ1v) is 5.57. The van der Waals surface area contributed by atoms with Gasteiger partial charge in [-0.1, -0.05) is 0 Å². The summed E-state index contributed by atoms with van der Waals surface area (Å²) in [6, 6.07) is 2.12. The fourth-order valence-corrected chi connectivity index (χ4v) is 1.64. The summed E-state index contributed by atoms with van der Waals surface area (Å²) in [5.41, 5.74) is 0. The lowest BCUT2D eigenvalue weighted by Gasteiger charge is -2.29. The van der Waals surface area contributed by atoms with E-state index in [1.54, 1.807) is 0 Å². The molecule has 0 spiro atoms. The molecule has 0 radical (unpaired) electrons. The van der Waals surface area contributed by atoms with E-state index in [9.17, 15) is 8.42 Å². The Morgan fingerprint density at radius 2 is 2.17 bits per heavy atom. The molecule has 1 fully saturated rings. The number of hydrogen-bond acceptors (Lipinski definition) is 4. The van der Waals surface area contributed by atoms with Crippen LogP contribution in [-0.4, -0.2) is 21.3 Å². The summed E-state index contributed by atoms with van der Waals surface area (Å²) < 4.78 is 25.7. The van der Waals surface area contributed by atoms with Crippen LogP contribution in [0.4, 0.5) is 0 Å². The predicted octanol–water partition coefficient (Wildman–Crippen LogP) is 0.512. The van der Waals surface area contributed by atoms with Crippen LogP contribution in [-0.2, 0) is 14.3 Å². The Kier molecular flexibility index (Phi) is 2.70. The molecule has 0 aliphatic heterocycles. The summed E-state index contributed by atoms with van der Waals surface area (Å²) in [5.74, 6) is 0.363. The van der Waals surface area contributed by atoms with E-state index in [-0.39, 0.29) is 18.4 Å². The third-order valence-electron chi connectivity index (χ3n) is 1.94. The van der Waals surface area contributed by atoms with E-state index < -0.39 is 10.1 Å². The molecule has 0 N–H and O–H groups in total. The van der Waals surface area contributed by atoms with Gasteiger partial charge in [0.15, 0.2) is 0 Å². The zero-order chi connectivity index (χ0) is 9.19. The van der Waals surface area contributed by atoms with Gasteiger partial charge in [0, 0.05) is 5.92 Å². The summed E-state index contributed by atoms with van der Waals surface area (Å²) in [5, 5.41) is 8.42. The van der Waals surface area contributed by atoms with E-state index in [4.69, 9.17) is 5.26 Å². The maximum absolute atomic E-state index is 10.5. The van der Waals surface area contributed by atoms with Crippen molar-refractivity contribution in [2.75, 3.05) is 12.9 Å². The van der Waals surface area contributed by atoms with Crippen LogP contribution >= 0.6 is 0 Å². The fourth-order valence-electron chi connectivity index (χ4n) is 1.20. The monoisotopic (exact) mass is 189 g/mol. The first kappa shape index (κ1) is 9.49. The molecule has 12 heavy (non-hydrogen) atoms. The van der Waals surface area contributed by atoms with Crippen molar-refractivity contribution < 1.29 is 12.6 Å². The fraction of sp³-hybridized carbons (Fsp3) is 0.857. The Labute approximate surface area is 72.3 Å². The van der Waals surface area contributed by atoms with Crippen LogP contribution in [0, 0.1) is 23.2 Å². The average molecular weight is 189 g/mol. The molecular formula is C7H11NO3S. The van der Waals surface area contributed by atoms with Crippen LogP contribution in [0.15, 0.2) is 0 Å². The second-order valence-electron chi connectivity index (χ2n) is 3.15. The molecule has 0 aromatic heterocycles. The molecule has 68 valence electrons. The largest absolute Gasteiger partial charge is 0.270 e. The molecule has 5 heteroatoms. The van der Waals surface area contributed by atoms with Gasteiger partial charge < -0.3 is 0 Å². The SMILES string of the molecule is CS(=O)(=O)OCC1CC(C#N)C1. The summed E-state index contributed by atoms with van der Waals surface area (Å²) in [4.78, 5) is 0. The van der Waals surface area contributed by atoms with Crippen LogP contribution < -0.4 is 0 Å². The van der Waals surface area contributed by atoms with Gasteiger partial charge in [0.2, 0.25) is 0 Å². The molecule has 1 aliphatic rings. The normalized spacial score (nSPS) is 29.0. The topological polar surface area (TPSA) is 67.2 Å². The summed E-state index contributed by atoms with van der Waals surface area (Å²) in [7, 11) is -3.30. The van der Waals surface area contributed by atoms with Gasteiger partial charge in [-0.3, -0.25) is 4.18 Å². The van der Waals surface area contributed by atoms with Gasteiger partial charge in [0.1, 0.15) is 0 Å². The van der Waals surface area contributed by atoms with Gasteiger partial charge in [0.05, 0.1) is 18.9 Å². The Bertz CT molecular complexity index is 284. The molecule has 1 saturated carbocycles. The first-order valence-electron chi connectivity index (χ1n) is 3.75. The average Bonchev–Trinajstić information content (AvgIpc) is 1.82. The van der Waals surface area contributed by atoms with Crippen LogP contribution in [0.5, 0.6) is 0 Å². The maximum atomic E-state index is 10.5. The van der Waals surface area contributed by atoms with Gasteiger partial charge in [0.25, 0.3) is 10.1 Å². The van der Waals surface area contributed by atoms with E-state index in [0.29, 0.717) is 0 Å². The lowest BCUT2D eigenvalue weighted by atomic mass is 9.76. The molecule has 1 rings (SSSR count). The van der Waals surface area contributed by atoms with Crippen molar-refractivity contribution in [2.45, 2.75) is 12.8 Å². The van der Waals surface area contributed by atoms with E-state index in [1.807, 2.05) is 0 Å². The minimum absolute atomic E-state index is 0.109. The Balaban J connectivity index is 2.17. The van der Waals surface area contributed by atoms with Gasteiger partial charge in [-0.25, -0.2) is 0 Å². The van der Waals surface area contributed by atoms with Crippen molar-refractivity contribution in [3.8, 4) is 6.07 Å². The van der Waals surface area contributed by atoms with E-state index in [0.717, 1.165) is 19.1 Å². The lowest BCUT2D eigenvalue weighted by Crippen LogP contribution is -2.27. The molecule has 0 atom stereocenters. The molecule has 0 bridgehead atoms. The highest BCUT2D eigenvalue weighted by Gasteiger charge is 2.29. The standard InChI is InChI=1S/C7H11NO3S/c1-12(9,10)11-5-7-2-6(3-7)4-8/h6-7H,2-3,5H2,1H3. The zero-order valence-corrected chi connectivity index (χ0v) is 7.67. The second-order valence-corrected chi connectivity index (χ2v) is 4.80. The van der Waals surface area contributed by atoms with Crippen LogP contribution in [0.2, 0.25) is 0 Å². The highest BCUT2D eigenvalue weighted by molar-refractivity contribution is 7.85. The molecule has 4 nitrogen and oxygen atoms in total. The van der Waals surface area contributed by atoms with Crippen molar-refractivity contribution >= 4 is 10.1 Å². The molecule has 0 heterocycles. The highest BCUT2D eigenvalue weighted by atomic mass is 32.2. The van der Waals surface area contributed by atoms with E-state index in [2.05, 4.69) is 10.3 Å². The smallest absolute Gasteiger partial charge is 0.264 e. The van der Waals surface area contributed by atoms with Crippen molar-refractivity contribution in [2.24, 2.45) is 11.8 Å². The number of nitriles is 1. The van der Waals surface area contributed by atoms with Gasteiger partial charge in [-0.15, -0.1) is 0 Å². The summed E-state index contributed by atoms with van der Waals surface area (Å²) in [6.45, 7) is 0.233. The number of rotatable bonds is 3. The Morgan fingerprint density at radius 3 is 2.58 bits per heavy atom. The van der Waals surface area contributed by atoms with Crippen LogP contribution in [0.25, 0.3) is 0 Å².